The van der Waals surface area contributed by atoms with Crippen molar-refractivity contribution in [2.75, 3.05) is 19.0 Å². The summed E-state index contributed by atoms with van der Waals surface area (Å²) in [6.07, 6.45) is 0. The van der Waals surface area contributed by atoms with Crippen molar-refractivity contribution >= 4 is 23.0 Å². The summed E-state index contributed by atoms with van der Waals surface area (Å²) in [6, 6.07) is 15.3. The van der Waals surface area contributed by atoms with Gasteiger partial charge in [-0.2, -0.15) is 10.2 Å². The lowest BCUT2D eigenvalue weighted by Crippen LogP contribution is -2.07. The third kappa shape index (κ3) is 4.70. The molecule has 0 heterocycles. The van der Waals surface area contributed by atoms with Gasteiger partial charge in [0.15, 0.2) is 0 Å². The maximum Gasteiger partial charge on any atom is 0.302 e. The summed E-state index contributed by atoms with van der Waals surface area (Å²) in [5.41, 5.74) is 3.59. The summed E-state index contributed by atoms with van der Waals surface area (Å²) in [7, 11) is 3.99. The molecule has 0 saturated heterocycles. The number of carbonyl (C=O) groups is 1. The molecule has 2 aromatic rings. The fraction of sp³-hybridized carbons (Fsp3) is 0.235. The van der Waals surface area contributed by atoms with E-state index in [2.05, 4.69) is 10.2 Å². The smallest absolute Gasteiger partial charge is 0.302 e. The molecule has 0 aliphatic rings. The monoisotopic (exact) mass is 297 g/mol. The molecule has 0 aromatic heterocycles. The van der Waals surface area contributed by atoms with Crippen LogP contribution in [0.15, 0.2) is 58.8 Å². The third-order valence-corrected chi connectivity index (χ3v) is 3.03. The number of rotatable bonds is 5. The molecule has 0 aliphatic carbocycles. The molecule has 0 spiro atoms. The van der Waals surface area contributed by atoms with E-state index >= 15 is 0 Å². The number of carbonyl (C=O) groups excluding carboxylic acids is 1. The Morgan fingerprint density at radius 2 is 1.45 bits per heavy atom. The van der Waals surface area contributed by atoms with E-state index < -0.39 is 0 Å². The molecule has 0 saturated carbocycles. The molecule has 0 radical (unpaired) electrons. The standard InChI is InChI=1S/C17H19N3O2/c1-13(21)22-12-14-4-6-15(7-5-14)18-19-16-8-10-17(11-9-16)20(2)3/h4-11H,12H2,1-3H3. The van der Waals surface area contributed by atoms with Crippen LogP contribution < -0.4 is 4.90 Å². The van der Waals surface area contributed by atoms with Gasteiger partial charge in [-0.15, -0.1) is 0 Å². The number of esters is 1. The minimum Gasteiger partial charge on any atom is -0.461 e. The summed E-state index contributed by atoms with van der Waals surface area (Å²) in [6.45, 7) is 1.67. The largest absolute Gasteiger partial charge is 0.461 e. The highest BCUT2D eigenvalue weighted by molar-refractivity contribution is 5.65. The van der Waals surface area contributed by atoms with Crippen LogP contribution in [0.4, 0.5) is 17.1 Å². The van der Waals surface area contributed by atoms with Gasteiger partial charge in [0.25, 0.3) is 0 Å². The van der Waals surface area contributed by atoms with Crippen LogP contribution >= 0.6 is 0 Å². The van der Waals surface area contributed by atoms with E-state index in [4.69, 9.17) is 4.74 Å². The number of azo groups is 1. The van der Waals surface area contributed by atoms with Crippen LogP contribution in [0.5, 0.6) is 0 Å². The number of hydrogen-bond donors (Lipinski definition) is 0. The van der Waals surface area contributed by atoms with E-state index in [0.29, 0.717) is 0 Å². The van der Waals surface area contributed by atoms with E-state index in [-0.39, 0.29) is 12.6 Å². The zero-order valence-electron chi connectivity index (χ0n) is 13.0. The molecule has 5 heteroatoms. The summed E-state index contributed by atoms with van der Waals surface area (Å²) < 4.78 is 4.93. The van der Waals surface area contributed by atoms with Gasteiger partial charge in [-0.05, 0) is 42.0 Å². The van der Waals surface area contributed by atoms with Crippen LogP contribution in [0.2, 0.25) is 0 Å². The summed E-state index contributed by atoms with van der Waals surface area (Å²) in [5, 5.41) is 8.39. The first-order valence-corrected chi connectivity index (χ1v) is 6.96. The Morgan fingerprint density at radius 1 is 0.955 bits per heavy atom. The van der Waals surface area contributed by atoms with Gasteiger partial charge in [-0.1, -0.05) is 12.1 Å². The van der Waals surface area contributed by atoms with E-state index in [1.54, 1.807) is 0 Å². The highest BCUT2D eigenvalue weighted by atomic mass is 16.5. The molecule has 114 valence electrons. The number of hydrogen-bond acceptors (Lipinski definition) is 5. The van der Waals surface area contributed by atoms with E-state index in [0.717, 1.165) is 22.6 Å². The molecule has 0 N–H and O–H groups in total. The predicted molar refractivity (Wildman–Crippen MR) is 86.9 cm³/mol. The molecular formula is C17H19N3O2. The lowest BCUT2D eigenvalue weighted by molar-refractivity contribution is -0.142. The maximum absolute atomic E-state index is 10.8. The van der Waals surface area contributed by atoms with Crippen molar-refractivity contribution in [3.63, 3.8) is 0 Å². The zero-order valence-corrected chi connectivity index (χ0v) is 13.0. The zero-order chi connectivity index (χ0) is 15.9. The van der Waals surface area contributed by atoms with Crippen LogP contribution in [-0.2, 0) is 16.1 Å². The van der Waals surface area contributed by atoms with Crippen molar-refractivity contribution in [1.29, 1.82) is 0 Å². The Bertz CT molecular complexity index is 647. The van der Waals surface area contributed by atoms with Gasteiger partial charge in [0.2, 0.25) is 0 Å². The van der Waals surface area contributed by atoms with Crippen molar-refractivity contribution in [3.05, 3.63) is 54.1 Å². The van der Waals surface area contributed by atoms with Crippen LogP contribution in [0.1, 0.15) is 12.5 Å². The summed E-state index contributed by atoms with van der Waals surface area (Å²) >= 11 is 0. The fourth-order valence-corrected chi connectivity index (χ4v) is 1.78. The van der Waals surface area contributed by atoms with Crippen molar-refractivity contribution in [1.82, 2.24) is 0 Å². The van der Waals surface area contributed by atoms with Crippen LogP contribution in [0.25, 0.3) is 0 Å². The first-order valence-electron chi connectivity index (χ1n) is 6.96. The lowest BCUT2D eigenvalue weighted by Gasteiger charge is -2.11. The van der Waals surface area contributed by atoms with Crippen LogP contribution in [0, 0.1) is 0 Å². The lowest BCUT2D eigenvalue weighted by atomic mass is 10.2. The molecule has 2 rings (SSSR count). The fourth-order valence-electron chi connectivity index (χ4n) is 1.78. The molecule has 0 fully saturated rings. The predicted octanol–water partition coefficient (Wildman–Crippen LogP) is 4.23. The minimum absolute atomic E-state index is 0.277. The molecule has 0 bridgehead atoms. The van der Waals surface area contributed by atoms with Gasteiger partial charge >= 0.3 is 5.97 Å². The van der Waals surface area contributed by atoms with Gasteiger partial charge in [0.1, 0.15) is 6.61 Å². The first kappa shape index (κ1) is 15.7. The topological polar surface area (TPSA) is 54.3 Å². The molecule has 22 heavy (non-hydrogen) atoms. The Kier molecular flexibility index (Phi) is 5.25. The molecule has 0 amide bonds. The second-order valence-corrected chi connectivity index (χ2v) is 5.06. The molecule has 0 atom stereocenters. The van der Waals surface area contributed by atoms with Gasteiger partial charge in [0, 0.05) is 26.7 Å². The Balaban J connectivity index is 1.99. The SMILES string of the molecule is CC(=O)OCc1ccc(N=Nc2ccc(N(C)C)cc2)cc1. The number of benzene rings is 2. The van der Waals surface area contributed by atoms with Crippen molar-refractivity contribution in [2.24, 2.45) is 10.2 Å². The van der Waals surface area contributed by atoms with Crippen LogP contribution in [0.3, 0.4) is 0 Å². The van der Waals surface area contributed by atoms with Crippen molar-refractivity contribution in [2.45, 2.75) is 13.5 Å². The van der Waals surface area contributed by atoms with Gasteiger partial charge in [0.05, 0.1) is 11.4 Å². The molecule has 0 unspecified atom stereocenters. The van der Waals surface area contributed by atoms with Gasteiger partial charge in [-0.3, -0.25) is 4.79 Å². The molecule has 5 nitrogen and oxygen atoms in total. The van der Waals surface area contributed by atoms with Crippen LogP contribution in [-0.4, -0.2) is 20.1 Å². The molecule has 2 aromatic carbocycles. The van der Waals surface area contributed by atoms with Crippen molar-refractivity contribution < 1.29 is 9.53 Å². The average molecular weight is 297 g/mol. The molecular weight excluding hydrogens is 278 g/mol. The Hall–Kier alpha value is -2.69. The second kappa shape index (κ2) is 7.36. The maximum atomic E-state index is 10.8. The van der Waals surface area contributed by atoms with Gasteiger partial charge < -0.3 is 9.64 Å². The highest BCUT2D eigenvalue weighted by Gasteiger charge is 1.98. The second-order valence-electron chi connectivity index (χ2n) is 5.06. The third-order valence-electron chi connectivity index (χ3n) is 3.03. The number of anilines is 1. The average Bonchev–Trinajstić information content (AvgIpc) is 2.52. The minimum atomic E-state index is -0.287. The highest BCUT2D eigenvalue weighted by Crippen LogP contribution is 2.21. The normalized spacial score (nSPS) is 10.7. The Labute approximate surface area is 130 Å². The number of nitrogens with zero attached hydrogens (tertiary/aromatic N) is 3. The van der Waals surface area contributed by atoms with E-state index in [1.165, 1.54) is 6.92 Å². The van der Waals surface area contributed by atoms with E-state index in [1.807, 2.05) is 67.5 Å². The quantitative estimate of drug-likeness (QED) is 0.613. The number of ether oxygens (including phenoxy) is 1. The summed E-state index contributed by atoms with van der Waals surface area (Å²) in [5.74, 6) is -0.287. The first-order chi connectivity index (χ1) is 10.5. The van der Waals surface area contributed by atoms with Gasteiger partial charge in [-0.25, -0.2) is 0 Å². The van der Waals surface area contributed by atoms with E-state index in [9.17, 15) is 4.79 Å². The summed E-state index contributed by atoms with van der Waals surface area (Å²) in [4.78, 5) is 12.8. The van der Waals surface area contributed by atoms with Crippen molar-refractivity contribution in [3.8, 4) is 0 Å². The molecule has 0 aliphatic heterocycles. The Morgan fingerprint density at radius 3 is 1.91 bits per heavy atom.